The van der Waals surface area contributed by atoms with E-state index in [2.05, 4.69) is 0 Å². The lowest BCUT2D eigenvalue weighted by atomic mass is 10.0. The smallest absolute Gasteiger partial charge is 0.136 e. The van der Waals surface area contributed by atoms with E-state index in [0.29, 0.717) is 12.0 Å². The molecule has 0 aliphatic heterocycles. The predicted molar refractivity (Wildman–Crippen MR) is 48.3 cm³/mol. The highest BCUT2D eigenvalue weighted by atomic mass is 16.3. The van der Waals surface area contributed by atoms with Crippen LogP contribution in [-0.4, -0.2) is 16.8 Å². The standard InChI is InChI=1S/C10H11NO2/c1-7-4-8(2-3-12)5-9(6-11)10(7)13/h4-5,12-13H,2-3H2,1H3. The molecule has 0 saturated carbocycles. The molecule has 0 spiro atoms. The van der Waals surface area contributed by atoms with E-state index in [1.165, 1.54) is 0 Å². The van der Waals surface area contributed by atoms with Crippen LogP contribution >= 0.6 is 0 Å². The number of aliphatic hydroxyl groups excluding tert-OH is 1. The van der Waals surface area contributed by atoms with Crippen molar-refractivity contribution in [2.75, 3.05) is 6.61 Å². The molecule has 0 bridgehead atoms. The van der Waals surface area contributed by atoms with Gasteiger partial charge in [-0.2, -0.15) is 5.26 Å². The fraction of sp³-hybridized carbons (Fsp3) is 0.300. The number of nitriles is 1. The van der Waals surface area contributed by atoms with E-state index >= 15 is 0 Å². The lowest BCUT2D eigenvalue weighted by Gasteiger charge is -2.04. The van der Waals surface area contributed by atoms with Gasteiger partial charge >= 0.3 is 0 Å². The molecule has 0 heterocycles. The summed E-state index contributed by atoms with van der Waals surface area (Å²) in [6.07, 6.45) is 0.510. The van der Waals surface area contributed by atoms with Gasteiger partial charge < -0.3 is 10.2 Å². The van der Waals surface area contributed by atoms with E-state index in [9.17, 15) is 5.11 Å². The molecule has 0 fully saturated rings. The van der Waals surface area contributed by atoms with Crippen molar-refractivity contribution in [3.8, 4) is 11.8 Å². The van der Waals surface area contributed by atoms with E-state index in [0.717, 1.165) is 5.56 Å². The van der Waals surface area contributed by atoms with Gasteiger partial charge in [-0.25, -0.2) is 0 Å². The maximum absolute atomic E-state index is 9.41. The van der Waals surface area contributed by atoms with E-state index in [-0.39, 0.29) is 17.9 Å². The maximum atomic E-state index is 9.41. The number of phenols is 1. The zero-order chi connectivity index (χ0) is 9.84. The number of rotatable bonds is 2. The Morgan fingerprint density at radius 1 is 1.46 bits per heavy atom. The van der Waals surface area contributed by atoms with Crippen LogP contribution in [0.2, 0.25) is 0 Å². The van der Waals surface area contributed by atoms with Gasteiger partial charge in [0.15, 0.2) is 0 Å². The summed E-state index contributed by atoms with van der Waals surface area (Å²) in [6, 6.07) is 5.27. The molecule has 3 heteroatoms. The molecule has 0 aromatic heterocycles. The molecule has 3 nitrogen and oxygen atoms in total. The third-order valence-electron chi connectivity index (χ3n) is 1.88. The van der Waals surface area contributed by atoms with Gasteiger partial charge in [0.1, 0.15) is 11.8 Å². The Kier molecular flexibility index (Phi) is 2.88. The van der Waals surface area contributed by atoms with E-state index in [1.54, 1.807) is 19.1 Å². The highest BCUT2D eigenvalue weighted by Gasteiger charge is 2.05. The largest absolute Gasteiger partial charge is 0.506 e. The van der Waals surface area contributed by atoms with Crippen molar-refractivity contribution in [1.29, 1.82) is 5.26 Å². The molecule has 2 N–H and O–H groups in total. The Morgan fingerprint density at radius 3 is 2.69 bits per heavy atom. The first kappa shape index (κ1) is 9.56. The molecule has 0 aliphatic rings. The summed E-state index contributed by atoms with van der Waals surface area (Å²) < 4.78 is 0. The van der Waals surface area contributed by atoms with Crippen molar-refractivity contribution in [2.24, 2.45) is 0 Å². The minimum Gasteiger partial charge on any atom is -0.506 e. The fourth-order valence-corrected chi connectivity index (χ4v) is 1.21. The summed E-state index contributed by atoms with van der Waals surface area (Å²) in [5.74, 6) is 0.0317. The van der Waals surface area contributed by atoms with Gasteiger partial charge in [-0.05, 0) is 30.5 Å². The van der Waals surface area contributed by atoms with Gasteiger partial charge in [0.2, 0.25) is 0 Å². The van der Waals surface area contributed by atoms with Crippen LogP contribution in [0.3, 0.4) is 0 Å². The second-order valence-corrected chi connectivity index (χ2v) is 2.89. The van der Waals surface area contributed by atoms with Crippen LogP contribution < -0.4 is 0 Å². The Morgan fingerprint density at radius 2 is 2.15 bits per heavy atom. The van der Waals surface area contributed by atoms with Crippen molar-refractivity contribution in [1.82, 2.24) is 0 Å². The molecule has 0 radical (unpaired) electrons. The summed E-state index contributed by atoms with van der Waals surface area (Å²) in [7, 11) is 0. The molecule has 13 heavy (non-hydrogen) atoms. The average molecular weight is 177 g/mol. The van der Waals surface area contributed by atoms with Crippen molar-refractivity contribution in [3.05, 3.63) is 28.8 Å². The molecule has 0 saturated heterocycles. The molecule has 68 valence electrons. The zero-order valence-corrected chi connectivity index (χ0v) is 7.41. The number of nitrogens with zero attached hydrogens (tertiary/aromatic N) is 1. The monoisotopic (exact) mass is 177 g/mol. The molecule has 1 aromatic carbocycles. The average Bonchev–Trinajstić information content (AvgIpc) is 2.11. The van der Waals surface area contributed by atoms with E-state index in [1.807, 2.05) is 6.07 Å². The van der Waals surface area contributed by atoms with Crippen LogP contribution in [0.25, 0.3) is 0 Å². The Hall–Kier alpha value is -1.53. The summed E-state index contributed by atoms with van der Waals surface area (Å²) >= 11 is 0. The number of hydrogen-bond donors (Lipinski definition) is 2. The third-order valence-corrected chi connectivity index (χ3v) is 1.88. The number of phenolic OH excluding ortho intramolecular Hbond substituents is 1. The van der Waals surface area contributed by atoms with Crippen molar-refractivity contribution >= 4 is 0 Å². The Balaban J connectivity index is 3.16. The van der Waals surface area contributed by atoms with Gasteiger partial charge in [-0.15, -0.1) is 0 Å². The first-order valence-electron chi connectivity index (χ1n) is 4.02. The molecular weight excluding hydrogens is 166 g/mol. The lowest BCUT2D eigenvalue weighted by Crippen LogP contribution is -1.93. The summed E-state index contributed by atoms with van der Waals surface area (Å²) in [5.41, 5.74) is 1.81. The summed E-state index contributed by atoms with van der Waals surface area (Å²) in [5, 5.41) is 26.8. The number of aromatic hydroxyl groups is 1. The lowest BCUT2D eigenvalue weighted by molar-refractivity contribution is 0.299. The minimum atomic E-state index is 0.0317. The molecule has 0 amide bonds. The normalized spacial score (nSPS) is 9.62. The van der Waals surface area contributed by atoms with Crippen LogP contribution in [0.4, 0.5) is 0 Å². The van der Waals surface area contributed by atoms with Crippen molar-refractivity contribution < 1.29 is 10.2 Å². The number of hydrogen-bond acceptors (Lipinski definition) is 3. The van der Waals surface area contributed by atoms with Crippen LogP contribution in [0.5, 0.6) is 5.75 Å². The summed E-state index contributed by atoms with van der Waals surface area (Å²) in [6.45, 7) is 1.78. The van der Waals surface area contributed by atoms with Crippen molar-refractivity contribution in [3.63, 3.8) is 0 Å². The minimum absolute atomic E-state index is 0.0317. The van der Waals surface area contributed by atoms with Gasteiger partial charge in [0.05, 0.1) is 5.56 Å². The van der Waals surface area contributed by atoms with Crippen molar-refractivity contribution in [2.45, 2.75) is 13.3 Å². The Labute approximate surface area is 76.9 Å². The highest BCUT2D eigenvalue weighted by Crippen LogP contribution is 2.23. The number of aryl methyl sites for hydroxylation is 1. The second kappa shape index (κ2) is 3.92. The fourth-order valence-electron chi connectivity index (χ4n) is 1.21. The molecule has 0 atom stereocenters. The number of benzene rings is 1. The molecule has 0 unspecified atom stereocenters. The quantitative estimate of drug-likeness (QED) is 0.711. The van der Waals surface area contributed by atoms with E-state index in [4.69, 9.17) is 10.4 Å². The predicted octanol–water partition coefficient (Wildman–Crippen LogP) is 1.11. The maximum Gasteiger partial charge on any atom is 0.136 e. The summed E-state index contributed by atoms with van der Waals surface area (Å²) in [4.78, 5) is 0. The van der Waals surface area contributed by atoms with Crippen LogP contribution in [0.1, 0.15) is 16.7 Å². The first-order chi connectivity index (χ1) is 6.19. The Bertz CT molecular complexity index is 353. The van der Waals surface area contributed by atoms with Crippen LogP contribution in [0.15, 0.2) is 12.1 Å². The zero-order valence-electron chi connectivity index (χ0n) is 7.41. The van der Waals surface area contributed by atoms with Gasteiger partial charge in [0, 0.05) is 6.61 Å². The molecule has 0 aliphatic carbocycles. The molecule has 1 rings (SSSR count). The molecule has 1 aromatic rings. The number of aliphatic hydroxyl groups is 1. The van der Waals surface area contributed by atoms with Crippen LogP contribution in [-0.2, 0) is 6.42 Å². The molecular formula is C10H11NO2. The first-order valence-corrected chi connectivity index (χ1v) is 4.02. The third kappa shape index (κ3) is 1.98. The topological polar surface area (TPSA) is 64.2 Å². The second-order valence-electron chi connectivity index (χ2n) is 2.89. The van der Waals surface area contributed by atoms with E-state index < -0.39 is 0 Å². The SMILES string of the molecule is Cc1cc(CCO)cc(C#N)c1O. The van der Waals surface area contributed by atoms with Crippen LogP contribution in [0, 0.1) is 18.3 Å². The highest BCUT2D eigenvalue weighted by molar-refractivity contribution is 5.49. The van der Waals surface area contributed by atoms with Gasteiger partial charge in [0.25, 0.3) is 0 Å². The van der Waals surface area contributed by atoms with Gasteiger partial charge in [-0.1, -0.05) is 6.07 Å². The van der Waals surface area contributed by atoms with Gasteiger partial charge in [-0.3, -0.25) is 0 Å².